The van der Waals surface area contributed by atoms with Crippen molar-refractivity contribution in [1.82, 2.24) is 10.6 Å². The van der Waals surface area contributed by atoms with Gasteiger partial charge in [0.1, 0.15) is 6.61 Å². The first-order valence-electron chi connectivity index (χ1n) is 7.45. The number of halogens is 1. The number of hydrogen-bond acceptors (Lipinski definition) is 3. The van der Waals surface area contributed by atoms with E-state index in [0.29, 0.717) is 19.5 Å². The molecule has 0 aromatic rings. The molecule has 1 fully saturated rings. The third-order valence-corrected chi connectivity index (χ3v) is 3.69. The lowest BCUT2D eigenvalue weighted by Crippen LogP contribution is -2.35. The van der Waals surface area contributed by atoms with E-state index in [2.05, 4.69) is 10.6 Å². The van der Waals surface area contributed by atoms with Crippen LogP contribution in [0.5, 0.6) is 0 Å². The van der Waals surface area contributed by atoms with Gasteiger partial charge in [-0.05, 0) is 12.3 Å². The van der Waals surface area contributed by atoms with Gasteiger partial charge < -0.3 is 15.4 Å². The predicted molar refractivity (Wildman–Crippen MR) is 78.9 cm³/mol. The Bertz CT molecular complexity index is 294. The second-order valence-corrected chi connectivity index (χ2v) is 5.52. The molecular weight excluding hydrogens is 280 g/mol. The van der Waals surface area contributed by atoms with Gasteiger partial charge in [0.25, 0.3) is 0 Å². The number of amides is 2. The summed E-state index contributed by atoms with van der Waals surface area (Å²) in [6.45, 7) is 0.997. The van der Waals surface area contributed by atoms with Gasteiger partial charge in [0.15, 0.2) is 0 Å². The standard InChI is InChI=1S/C14H25ClN2O3/c15-8-11-20-14(19)17-10-9-16-13(18)7-6-12-4-2-1-3-5-12/h12H,1-11H2,(H,16,18)(H,17,19). The Kier molecular flexibility index (Phi) is 9.20. The minimum Gasteiger partial charge on any atom is -0.448 e. The fraction of sp³-hybridized carbons (Fsp3) is 0.857. The van der Waals surface area contributed by atoms with E-state index in [4.69, 9.17) is 16.3 Å². The van der Waals surface area contributed by atoms with Crippen molar-refractivity contribution in [3.63, 3.8) is 0 Å². The second-order valence-electron chi connectivity index (χ2n) is 5.14. The van der Waals surface area contributed by atoms with Crippen LogP contribution in [0.2, 0.25) is 0 Å². The molecule has 0 atom stereocenters. The SMILES string of the molecule is O=C(CCC1CCCCC1)NCCNC(=O)OCCCl. The van der Waals surface area contributed by atoms with Gasteiger partial charge >= 0.3 is 6.09 Å². The summed E-state index contributed by atoms with van der Waals surface area (Å²) in [4.78, 5) is 22.7. The van der Waals surface area contributed by atoms with Crippen molar-refractivity contribution in [3.05, 3.63) is 0 Å². The minimum atomic E-state index is -0.498. The maximum absolute atomic E-state index is 11.6. The van der Waals surface area contributed by atoms with Crippen LogP contribution in [0.1, 0.15) is 44.9 Å². The molecule has 0 unspecified atom stereocenters. The molecule has 0 saturated heterocycles. The van der Waals surface area contributed by atoms with Gasteiger partial charge in [0, 0.05) is 19.5 Å². The summed E-state index contributed by atoms with van der Waals surface area (Å²) in [5, 5.41) is 5.34. The van der Waals surface area contributed by atoms with Crippen molar-refractivity contribution in [2.75, 3.05) is 25.6 Å². The summed E-state index contributed by atoms with van der Waals surface area (Å²) in [6.07, 6.45) is 7.55. The molecule has 1 aliphatic rings. The molecule has 20 heavy (non-hydrogen) atoms. The minimum absolute atomic E-state index is 0.0616. The Morgan fingerprint density at radius 1 is 1.10 bits per heavy atom. The number of carbonyl (C=O) groups excluding carboxylic acids is 2. The molecule has 0 bridgehead atoms. The van der Waals surface area contributed by atoms with Gasteiger partial charge in [0.05, 0.1) is 5.88 Å². The molecule has 2 N–H and O–H groups in total. The molecule has 0 radical (unpaired) electrons. The first kappa shape index (κ1) is 17.1. The summed E-state index contributed by atoms with van der Waals surface area (Å²) in [7, 11) is 0. The van der Waals surface area contributed by atoms with Gasteiger partial charge in [-0.3, -0.25) is 4.79 Å². The zero-order valence-electron chi connectivity index (χ0n) is 12.0. The van der Waals surface area contributed by atoms with Crippen LogP contribution in [0.15, 0.2) is 0 Å². The van der Waals surface area contributed by atoms with Gasteiger partial charge in [-0.1, -0.05) is 32.1 Å². The van der Waals surface area contributed by atoms with E-state index in [-0.39, 0.29) is 18.4 Å². The second kappa shape index (κ2) is 10.8. The number of alkyl carbamates (subject to hydrolysis) is 1. The smallest absolute Gasteiger partial charge is 0.407 e. The number of alkyl halides is 1. The third kappa shape index (κ3) is 8.25. The lowest BCUT2D eigenvalue weighted by atomic mass is 9.86. The average Bonchev–Trinajstić information content (AvgIpc) is 2.48. The van der Waals surface area contributed by atoms with Crippen LogP contribution in [-0.2, 0) is 9.53 Å². The molecule has 1 rings (SSSR count). The van der Waals surface area contributed by atoms with Crippen LogP contribution in [0.4, 0.5) is 4.79 Å². The van der Waals surface area contributed by atoms with Gasteiger partial charge in [0.2, 0.25) is 5.91 Å². The Morgan fingerprint density at radius 3 is 2.50 bits per heavy atom. The van der Waals surface area contributed by atoms with Gasteiger partial charge in [-0.15, -0.1) is 11.6 Å². The summed E-state index contributed by atoms with van der Waals surface area (Å²) < 4.78 is 4.73. The van der Waals surface area contributed by atoms with E-state index in [0.717, 1.165) is 12.3 Å². The van der Waals surface area contributed by atoms with Crippen molar-refractivity contribution in [2.24, 2.45) is 5.92 Å². The highest BCUT2D eigenvalue weighted by molar-refractivity contribution is 6.18. The van der Waals surface area contributed by atoms with Crippen molar-refractivity contribution in [1.29, 1.82) is 0 Å². The molecule has 0 aliphatic heterocycles. The Labute approximate surface area is 125 Å². The molecular formula is C14H25ClN2O3. The number of ether oxygens (including phenoxy) is 1. The molecule has 116 valence electrons. The van der Waals surface area contributed by atoms with E-state index in [1.165, 1.54) is 32.1 Å². The summed E-state index contributed by atoms with van der Waals surface area (Å²) in [5.74, 6) is 1.07. The number of nitrogens with one attached hydrogen (secondary N) is 2. The first-order chi connectivity index (χ1) is 9.72. The van der Waals surface area contributed by atoms with Crippen molar-refractivity contribution < 1.29 is 14.3 Å². The molecule has 0 aromatic heterocycles. The average molecular weight is 305 g/mol. The van der Waals surface area contributed by atoms with E-state index in [9.17, 15) is 9.59 Å². The Balaban J connectivity index is 1.95. The van der Waals surface area contributed by atoms with Crippen LogP contribution in [-0.4, -0.2) is 37.6 Å². The Morgan fingerprint density at radius 2 is 1.80 bits per heavy atom. The van der Waals surface area contributed by atoms with Gasteiger partial charge in [-0.2, -0.15) is 0 Å². The highest BCUT2D eigenvalue weighted by atomic mass is 35.5. The molecule has 0 aromatic carbocycles. The molecule has 2 amide bonds. The fourth-order valence-corrected chi connectivity index (χ4v) is 2.53. The van der Waals surface area contributed by atoms with Crippen LogP contribution in [0.3, 0.4) is 0 Å². The van der Waals surface area contributed by atoms with Crippen molar-refractivity contribution in [3.8, 4) is 0 Å². The van der Waals surface area contributed by atoms with E-state index >= 15 is 0 Å². The number of hydrogen-bond donors (Lipinski definition) is 2. The molecule has 1 saturated carbocycles. The van der Waals surface area contributed by atoms with E-state index in [1.54, 1.807) is 0 Å². The van der Waals surface area contributed by atoms with Gasteiger partial charge in [-0.25, -0.2) is 4.79 Å². The largest absolute Gasteiger partial charge is 0.448 e. The lowest BCUT2D eigenvalue weighted by molar-refractivity contribution is -0.121. The zero-order valence-corrected chi connectivity index (χ0v) is 12.7. The lowest BCUT2D eigenvalue weighted by Gasteiger charge is -2.20. The van der Waals surface area contributed by atoms with E-state index in [1.807, 2.05) is 0 Å². The summed E-state index contributed by atoms with van der Waals surface area (Å²) in [5.41, 5.74) is 0. The van der Waals surface area contributed by atoms with E-state index < -0.39 is 6.09 Å². The molecule has 0 heterocycles. The summed E-state index contributed by atoms with van der Waals surface area (Å²) >= 11 is 5.39. The molecule has 5 nitrogen and oxygen atoms in total. The zero-order chi connectivity index (χ0) is 14.6. The maximum atomic E-state index is 11.6. The number of carbonyl (C=O) groups is 2. The molecule has 1 aliphatic carbocycles. The normalized spacial score (nSPS) is 15.7. The van der Waals surface area contributed by atoms with Crippen LogP contribution in [0.25, 0.3) is 0 Å². The van der Waals surface area contributed by atoms with Crippen molar-refractivity contribution >= 4 is 23.6 Å². The molecule has 6 heteroatoms. The highest BCUT2D eigenvalue weighted by Crippen LogP contribution is 2.27. The number of rotatable bonds is 8. The molecule has 0 spiro atoms. The summed E-state index contributed by atoms with van der Waals surface area (Å²) in [6, 6.07) is 0. The quantitative estimate of drug-likeness (QED) is 0.534. The first-order valence-corrected chi connectivity index (χ1v) is 7.99. The Hall–Kier alpha value is -0.970. The fourth-order valence-electron chi connectivity index (χ4n) is 2.45. The monoisotopic (exact) mass is 304 g/mol. The van der Waals surface area contributed by atoms with Crippen LogP contribution < -0.4 is 10.6 Å². The third-order valence-electron chi connectivity index (χ3n) is 3.53. The maximum Gasteiger partial charge on any atom is 0.407 e. The van der Waals surface area contributed by atoms with Crippen LogP contribution >= 0.6 is 11.6 Å². The van der Waals surface area contributed by atoms with Crippen LogP contribution in [0, 0.1) is 5.92 Å². The predicted octanol–water partition coefficient (Wildman–Crippen LogP) is 2.43. The topological polar surface area (TPSA) is 67.4 Å². The van der Waals surface area contributed by atoms with Crippen molar-refractivity contribution in [2.45, 2.75) is 44.9 Å². The highest BCUT2D eigenvalue weighted by Gasteiger charge is 2.14.